The van der Waals surface area contributed by atoms with E-state index >= 15 is 0 Å². The van der Waals surface area contributed by atoms with E-state index in [1.165, 1.54) is 64.2 Å². The Morgan fingerprint density at radius 1 is 0.897 bits per heavy atom. The summed E-state index contributed by atoms with van der Waals surface area (Å²) in [4.78, 5) is 0. The number of rotatable bonds is 6. The van der Waals surface area contributed by atoms with E-state index in [4.69, 9.17) is 0 Å². The zero-order valence-corrected chi connectivity index (χ0v) is 19.7. The first kappa shape index (κ1) is 22.1. The van der Waals surface area contributed by atoms with Gasteiger partial charge in [0.2, 0.25) is 0 Å². The number of fused-ring (bicyclic) bond motifs is 5. The zero-order valence-electron chi connectivity index (χ0n) is 19.7. The zero-order chi connectivity index (χ0) is 20.8. The van der Waals surface area contributed by atoms with E-state index in [0.29, 0.717) is 29.3 Å². The Morgan fingerprint density at radius 3 is 2.41 bits per heavy atom. The first-order chi connectivity index (χ1) is 13.8. The van der Waals surface area contributed by atoms with Crippen molar-refractivity contribution in [3.63, 3.8) is 0 Å². The van der Waals surface area contributed by atoms with Crippen LogP contribution in [0.4, 0.5) is 0 Å². The van der Waals surface area contributed by atoms with Crippen LogP contribution >= 0.6 is 0 Å². The Hall–Kier alpha value is -0.0800. The molecule has 4 aliphatic rings. The summed E-state index contributed by atoms with van der Waals surface area (Å²) in [6.45, 7) is 10.2. The van der Waals surface area contributed by atoms with Gasteiger partial charge in [-0.05, 0) is 104 Å². The predicted octanol–water partition coefficient (Wildman–Crippen LogP) is 6.44. The van der Waals surface area contributed by atoms with Crippen LogP contribution in [0, 0.1) is 52.3 Å². The molecule has 10 atom stereocenters. The van der Waals surface area contributed by atoms with E-state index in [-0.39, 0.29) is 6.10 Å². The molecule has 0 heterocycles. The highest BCUT2D eigenvalue weighted by atomic mass is 16.3. The third-order valence-corrected chi connectivity index (χ3v) is 11.0. The molecular formula is C27H48O2. The maximum absolute atomic E-state index is 11.4. The number of hydrogen-bond donors (Lipinski definition) is 2. The molecule has 168 valence electrons. The van der Waals surface area contributed by atoms with Gasteiger partial charge in [0.25, 0.3) is 0 Å². The maximum Gasteiger partial charge on any atom is 0.0577 e. The van der Waals surface area contributed by atoms with Crippen LogP contribution in [0.25, 0.3) is 0 Å². The molecule has 2 nitrogen and oxygen atoms in total. The fraction of sp³-hybridized carbons (Fsp3) is 1.00. The van der Waals surface area contributed by atoms with Crippen LogP contribution in [-0.4, -0.2) is 22.9 Å². The van der Waals surface area contributed by atoms with Gasteiger partial charge in [0, 0.05) is 6.61 Å². The van der Waals surface area contributed by atoms with Crippen LogP contribution in [0.2, 0.25) is 0 Å². The van der Waals surface area contributed by atoms with Gasteiger partial charge in [0.15, 0.2) is 0 Å². The van der Waals surface area contributed by atoms with Crippen molar-refractivity contribution in [1.29, 1.82) is 0 Å². The lowest BCUT2D eigenvalue weighted by atomic mass is 9.44. The largest absolute Gasteiger partial charge is 0.396 e. The third kappa shape index (κ3) is 3.73. The van der Waals surface area contributed by atoms with E-state index in [1.807, 2.05) is 0 Å². The summed E-state index contributed by atoms with van der Waals surface area (Å²) < 4.78 is 0. The maximum atomic E-state index is 11.4. The Bertz CT molecular complexity index is 561. The van der Waals surface area contributed by atoms with Crippen molar-refractivity contribution in [3.05, 3.63) is 0 Å². The molecule has 0 aromatic carbocycles. The van der Waals surface area contributed by atoms with Gasteiger partial charge in [0.05, 0.1) is 6.10 Å². The van der Waals surface area contributed by atoms with E-state index < -0.39 is 0 Å². The van der Waals surface area contributed by atoms with Gasteiger partial charge in [-0.3, -0.25) is 0 Å². The average molecular weight is 405 g/mol. The van der Waals surface area contributed by atoms with E-state index in [2.05, 4.69) is 27.7 Å². The molecule has 0 bridgehead atoms. The van der Waals surface area contributed by atoms with E-state index in [1.54, 1.807) is 0 Å². The summed E-state index contributed by atoms with van der Waals surface area (Å²) in [5.74, 6) is 4.94. The Labute approximate surface area is 180 Å². The molecule has 4 saturated carbocycles. The highest BCUT2D eigenvalue weighted by Crippen LogP contribution is 2.68. The summed E-state index contributed by atoms with van der Waals surface area (Å²) in [6.07, 6.45) is 15.9. The van der Waals surface area contributed by atoms with Gasteiger partial charge in [-0.1, -0.05) is 53.4 Å². The van der Waals surface area contributed by atoms with Crippen molar-refractivity contribution in [3.8, 4) is 0 Å². The smallest absolute Gasteiger partial charge is 0.0577 e. The van der Waals surface area contributed by atoms with Crippen LogP contribution < -0.4 is 0 Å². The van der Waals surface area contributed by atoms with Crippen molar-refractivity contribution in [2.45, 2.75) is 111 Å². The summed E-state index contributed by atoms with van der Waals surface area (Å²) in [6, 6.07) is 0. The van der Waals surface area contributed by atoms with Crippen LogP contribution in [0.1, 0.15) is 105 Å². The first-order valence-corrected chi connectivity index (χ1v) is 13.1. The molecule has 0 aromatic rings. The molecule has 29 heavy (non-hydrogen) atoms. The fourth-order valence-electron chi connectivity index (χ4n) is 9.31. The van der Waals surface area contributed by atoms with E-state index in [0.717, 1.165) is 42.4 Å². The molecule has 10 unspecified atom stereocenters. The predicted molar refractivity (Wildman–Crippen MR) is 120 cm³/mol. The Morgan fingerprint density at radius 2 is 1.66 bits per heavy atom. The van der Waals surface area contributed by atoms with Crippen molar-refractivity contribution in [2.24, 2.45) is 52.3 Å². The Balaban J connectivity index is 1.47. The molecule has 4 aliphatic carbocycles. The third-order valence-electron chi connectivity index (χ3n) is 11.0. The highest BCUT2D eigenvalue weighted by molar-refractivity contribution is 5.11. The fourth-order valence-corrected chi connectivity index (χ4v) is 9.31. The van der Waals surface area contributed by atoms with Gasteiger partial charge < -0.3 is 10.2 Å². The van der Waals surface area contributed by atoms with Crippen molar-refractivity contribution in [1.82, 2.24) is 0 Å². The molecule has 0 amide bonds. The van der Waals surface area contributed by atoms with Gasteiger partial charge in [0.1, 0.15) is 0 Å². The first-order valence-electron chi connectivity index (χ1n) is 13.1. The molecule has 0 saturated heterocycles. The lowest BCUT2D eigenvalue weighted by molar-refractivity contribution is -0.164. The lowest BCUT2D eigenvalue weighted by Gasteiger charge is -2.62. The number of aliphatic hydroxyl groups is 2. The molecule has 0 radical (unpaired) electrons. The quantitative estimate of drug-likeness (QED) is 0.534. The van der Waals surface area contributed by atoms with Gasteiger partial charge >= 0.3 is 0 Å². The van der Waals surface area contributed by atoms with Gasteiger partial charge in [-0.2, -0.15) is 0 Å². The summed E-state index contributed by atoms with van der Waals surface area (Å²) in [5.41, 5.74) is 0.954. The Kier molecular flexibility index (Phi) is 6.45. The number of hydrogen-bond acceptors (Lipinski definition) is 2. The number of aliphatic hydroxyl groups excluding tert-OH is 2. The second-order valence-electron chi connectivity index (χ2n) is 12.5. The lowest BCUT2D eigenvalue weighted by Crippen LogP contribution is -2.57. The SMILES string of the molecule is CC(CO)CCCC(C)C1CCC2C3C(O)CC4CCCCC4(C)C3CCC12C. The van der Waals surface area contributed by atoms with Crippen LogP contribution in [-0.2, 0) is 0 Å². The standard InChI is InChI=1S/C27H48O2/c1-18(17-28)8-7-9-19(2)21-11-12-22-25-23(13-15-27(21,22)4)26(3)14-6-5-10-20(26)16-24(25)29/h18-25,28-29H,5-17H2,1-4H3. The molecule has 2 N–H and O–H groups in total. The second kappa shape index (κ2) is 8.45. The van der Waals surface area contributed by atoms with Crippen LogP contribution in [0.15, 0.2) is 0 Å². The van der Waals surface area contributed by atoms with Crippen molar-refractivity contribution in [2.75, 3.05) is 6.61 Å². The summed E-state index contributed by atoms with van der Waals surface area (Å²) in [7, 11) is 0. The van der Waals surface area contributed by atoms with Gasteiger partial charge in [-0.25, -0.2) is 0 Å². The molecule has 0 aliphatic heterocycles. The molecule has 0 spiro atoms. The minimum atomic E-state index is -0.0414. The van der Waals surface area contributed by atoms with Crippen LogP contribution in [0.5, 0.6) is 0 Å². The van der Waals surface area contributed by atoms with E-state index in [9.17, 15) is 10.2 Å². The van der Waals surface area contributed by atoms with Crippen LogP contribution in [0.3, 0.4) is 0 Å². The summed E-state index contributed by atoms with van der Waals surface area (Å²) in [5, 5.41) is 20.7. The minimum Gasteiger partial charge on any atom is -0.396 e. The molecule has 2 heteroatoms. The summed E-state index contributed by atoms with van der Waals surface area (Å²) >= 11 is 0. The molecule has 4 rings (SSSR count). The van der Waals surface area contributed by atoms with Crippen molar-refractivity contribution >= 4 is 0 Å². The highest BCUT2D eigenvalue weighted by Gasteiger charge is 2.62. The van der Waals surface area contributed by atoms with Gasteiger partial charge in [-0.15, -0.1) is 0 Å². The normalized spacial score (nSPS) is 49.0. The molecular weight excluding hydrogens is 356 g/mol. The monoisotopic (exact) mass is 404 g/mol. The minimum absolute atomic E-state index is 0.0414. The average Bonchev–Trinajstić information content (AvgIpc) is 3.05. The topological polar surface area (TPSA) is 40.5 Å². The second-order valence-corrected chi connectivity index (χ2v) is 12.5. The van der Waals surface area contributed by atoms with Crippen molar-refractivity contribution < 1.29 is 10.2 Å². The molecule has 4 fully saturated rings. The molecule has 0 aromatic heterocycles.